The molecule has 1 atom stereocenters. The van der Waals surface area contributed by atoms with E-state index in [0.29, 0.717) is 0 Å². The van der Waals surface area contributed by atoms with Crippen LogP contribution in [0.1, 0.15) is 150 Å². The van der Waals surface area contributed by atoms with Crippen LogP contribution >= 0.6 is 0 Å². The number of unbranched alkanes of at least 4 members (excludes halogenated alkanes) is 13. The van der Waals surface area contributed by atoms with Gasteiger partial charge in [0.25, 0.3) is 0 Å². The lowest BCUT2D eigenvalue weighted by Crippen LogP contribution is -2.13. The molecule has 1 N–H and O–H groups in total. The van der Waals surface area contributed by atoms with Crippen LogP contribution in [0.25, 0.3) is 0 Å². The summed E-state index contributed by atoms with van der Waals surface area (Å²) >= 11 is 0. The number of hydrogen-bond acceptors (Lipinski definition) is 1. The van der Waals surface area contributed by atoms with Crippen LogP contribution in [0.4, 0.5) is 0 Å². The maximum atomic E-state index is 11.4. The van der Waals surface area contributed by atoms with E-state index in [1.165, 1.54) is 96.3 Å². The molecule has 0 radical (unpaired) electrons. The molecule has 0 spiro atoms. The van der Waals surface area contributed by atoms with E-state index in [-0.39, 0.29) is 5.92 Å². The van der Waals surface area contributed by atoms with E-state index in [1.54, 1.807) is 0 Å². The van der Waals surface area contributed by atoms with Crippen molar-refractivity contribution in [1.82, 2.24) is 0 Å². The summed E-state index contributed by atoms with van der Waals surface area (Å²) in [7, 11) is 0. The second kappa shape index (κ2) is 20.7. The SMILES string of the molecule is CC(C)CCCCCCCCCCCCCCCC(CCCCC(C)C)C(=O)O. The highest BCUT2D eigenvalue weighted by molar-refractivity contribution is 5.69. The van der Waals surface area contributed by atoms with Gasteiger partial charge in [-0.15, -0.1) is 0 Å². The molecule has 0 aliphatic heterocycles. The van der Waals surface area contributed by atoms with Crippen LogP contribution in [0.3, 0.4) is 0 Å². The predicted molar refractivity (Wildman–Crippen MR) is 129 cm³/mol. The monoisotopic (exact) mass is 410 g/mol. The van der Waals surface area contributed by atoms with Gasteiger partial charge < -0.3 is 5.11 Å². The normalized spacial score (nSPS) is 12.8. The first-order valence-electron chi connectivity index (χ1n) is 13.2. The lowest BCUT2D eigenvalue weighted by atomic mass is 9.93. The first kappa shape index (κ1) is 28.5. The maximum Gasteiger partial charge on any atom is 0.306 e. The standard InChI is InChI=1S/C27H54O2/c1-24(2)20-16-14-12-10-8-6-5-7-9-11-13-15-17-22-26(27(28)29)23-19-18-21-25(3)4/h24-26H,5-23H2,1-4H3,(H,28,29). The highest BCUT2D eigenvalue weighted by atomic mass is 16.4. The molecule has 0 fully saturated rings. The van der Waals surface area contributed by atoms with Crippen molar-refractivity contribution in [2.75, 3.05) is 0 Å². The Morgan fingerprint density at radius 1 is 0.483 bits per heavy atom. The van der Waals surface area contributed by atoms with Crippen LogP contribution in [0.2, 0.25) is 0 Å². The molecule has 1 unspecified atom stereocenters. The van der Waals surface area contributed by atoms with E-state index in [0.717, 1.165) is 37.5 Å². The van der Waals surface area contributed by atoms with Crippen molar-refractivity contribution >= 4 is 5.97 Å². The van der Waals surface area contributed by atoms with Crippen molar-refractivity contribution in [3.63, 3.8) is 0 Å². The fourth-order valence-electron chi connectivity index (χ4n) is 4.22. The quantitative estimate of drug-likeness (QED) is 0.180. The van der Waals surface area contributed by atoms with Gasteiger partial charge in [0.2, 0.25) is 0 Å². The first-order valence-corrected chi connectivity index (χ1v) is 13.2. The zero-order valence-corrected chi connectivity index (χ0v) is 20.5. The van der Waals surface area contributed by atoms with E-state index < -0.39 is 5.97 Å². The van der Waals surface area contributed by atoms with Gasteiger partial charge in [-0.25, -0.2) is 0 Å². The molecule has 0 saturated carbocycles. The van der Waals surface area contributed by atoms with Gasteiger partial charge in [0, 0.05) is 0 Å². The average molecular weight is 411 g/mol. The molecule has 0 saturated heterocycles. The third-order valence-electron chi connectivity index (χ3n) is 6.27. The summed E-state index contributed by atoms with van der Waals surface area (Å²) < 4.78 is 0. The molecule has 0 heterocycles. The third-order valence-corrected chi connectivity index (χ3v) is 6.27. The summed E-state index contributed by atoms with van der Waals surface area (Å²) in [6, 6.07) is 0. The van der Waals surface area contributed by atoms with Crippen molar-refractivity contribution in [1.29, 1.82) is 0 Å². The molecule has 0 aromatic heterocycles. The van der Waals surface area contributed by atoms with E-state index in [1.807, 2.05) is 0 Å². The average Bonchev–Trinajstić information content (AvgIpc) is 2.65. The summed E-state index contributed by atoms with van der Waals surface area (Å²) in [5, 5.41) is 9.41. The van der Waals surface area contributed by atoms with Gasteiger partial charge in [-0.05, 0) is 24.7 Å². The predicted octanol–water partition coefficient (Wildman–Crippen LogP) is 9.41. The van der Waals surface area contributed by atoms with Crippen LogP contribution in [-0.2, 0) is 4.79 Å². The van der Waals surface area contributed by atoms with Crippen LogP contribution in [0.15, 0.2) is 0 Å². The van der Waals surface area contributed by atoms with Gasteiger partial charge in [-0.2, -0.15) is 0 Å². The molecule has 2 heteroatoms. The molecule has 2 nitrogen and oxygen atoms in total. The fourth-order valence-corrected chi connectivity index (χ4v) is 4.22. The number of rotatable bonds is 22. The Morgan fingerprint density at radius 3 is 1.03 bits per heavy atom. The maximum absolute atomic E-state index is 11.4. The molecule has 29 heavy (non-hydrogen) atoms. The van der Waals surface area contributed by atoms with Gasteiger partial charge in [0.15, 0.2) is 0 Å². The Morgan fingerprint density at radius 2 is 0.724 bits per heavy atom. The van der Waals surface area contributed by atoms with Crippen LogP contribution in [-0.4, -0.2) is 11.1 Å². The Balaban J connectivity index is 3.36. The van der Waals surface area contributed by atoms with Crippen molar-refractivity contribution in [2.24, 2.45) is 17.8 Å². The van der Waals surface area contributed by atoms with Crippen molar-refractivity contribution in [3.05, 3.63) is 0 Å². The molecule has 0 amide bonds. The summed E-state index contributed by atoms with van der Waals surface area (Å²) in [6.07, 6.45) is 24.3. The van der Waals surface area contributed by atoms with E-state index >= 15 is 0 Å². The molecule has 0 aliphatic carbocycles. The zero-order chi connectivity index (χ0) is 21.7. The van der Waals surface area contributed by atoms with Gasteiger partial charge >= 0.3 is 5.97 Å². The molecule has 0 aromatic carbocycles. The molecule has 174 valence electrons. The Kier molecular flexibility index (Phi) is 20.4. The fraction of sp³-hybridized carbons (Fsp3) is 0.963. The summed E-state index contributed by atoms with van der Waals surface area (Å²) in [4.78, 5) is 11.4. The second-order valence-electron chi connectivity index (χ2n) is 10.3. The molecular weight excluding hydrogens is 356 g/mol. The Bertz CT molecular complexity index is 348. The molecule has 0 rings (SSSR count). The van der Waals surface area contributed by atoms with Gasteiger partial charge in [-0.1, -0.05) is 137 Å². The minimum Gasteiger partial charge on any atom is -0.481 e. The molecule has 0 aromatic rings. The van der Waals surface area contributed by atoms with Crippen molar-refractivity contribution in [3.8, 4) is 0 Å². The smallest absolute Gasteiger partial charge is 0.306 e. The van der Waals surface area contributed by atoms with E-state index in [9.17, 15) is 9.90 Å². The van der Waals surface area contributed by atoms with Gasteiger partial charge in [-0.3, -0.25) is 4.79 Å². The van der Waals surface area contributed by atoms with Crippen LogP contribution < -0.4 is 0 Å². The number of aliphatic carboxylic acids is 1. The zero-order valence-electron chi connectivity index (χ0n) is 20.5. The van der Waals surface area contributed by atoms with E-state index in [4.69, 9.17) is 0 Å². The highest BCUT2D eigenvalue weighted by Crippen LogP contribution is 2.20. The number of hydrogen-bond donors (Lipinski definition) is 1. The topological polar surface area (TPSA) is 37.3 Å². The summed E-state index contributed by atoms with van der Waals surface area (Å²) in [6.45, 7) is 9.13. The lowest BCUT2D eigenvalue weighted by Gasteiger charge is -2.12. The van der Waals surface area contributed by atoms with Gasteiger partial charge in [0.1, 0.15) is 0 Å². The van der Waals surface area contributed by atoms with Crippen molar-refractivity contribution < 1.29 is 9.90 Å². The van der Waals surface area contributed by atoms with Crippen LogP contribution in [0, 0.1) is 17.8 Å². The Labute approximate surface area is 183 Å². The number of carboxylic acids is 1. The van der Waals surface area contributed by atoms with Gasteiger partial charge in [0.05, 0.1) is 5.92 Å². The number of carbonyl (C=O) groups is 1. The molecular formula is C27H54O2. The van der Waals surface area contributed by atoms with E-state index in [2.05, 4.69) is 27.7 Å². The summed E-state index contributed by atoms with van der Waals surface area (Å²) in [5.74, 6) is 0.924. The highest BCUT2D eigenvalue weighted by Gasteiger charge is 2.16. The first-order chi connectivity index (χ1) is 13.9. The number of carboxylic acid groups (broad SMARTS) is 1. The summed E-state index contributed by atoms with van der Waals surface area (Å²) in [5.41, 5.74) is 0. The minimum absolute atomic E-state index is 0.104. The second-order valence-corrected chi connectivity index (χ2v) is 10.3. The largest absolute Gasteiger partial charge is 0.481 e. The van der Waals surface area contributed by atoms with Crippen molar-refractivity contribution in [2.45, 2.75) is 150 Å². The minimum atomic E-state index is -0.575. The van der Waals surface area contributed by atoms with Crippen LogP contribution in [0.5, 0.6) is 0 Å². The molecule has 0 bridgehead atoms. The Hall–Kier alpha value is -0.530. The molecule has 0 aliphatic rings. The third kappa shape index (κ3) is 22.0. The lowest BCUT2D eigenvalue weighted by molar-refractivity contribution is -0.142.